The topological polar surface area (TPSA) is 94.0 Å². The normalized spacial score (nSPS) is 11.8. The fraction of sp³-hybridized carbons (Fsp3) is 0.550. The zero-order valence-corrected chi connectivity index (χ0v) is 17.7. The second kappa shape index (κ2) is 9.33. The third kappa shape index (κ3) is 6.04. The molecule has 3 N–H and O–H groups in total. The summed E-state index contributed by atoms with van der Waals surface area (Å²) >= 11 is 0. The maximum Gasteiger partial charge on any atom is 0.251 e. The number of nitrogens with one attached hydrogen (secondary N) is 1. The van der Waals surface area contributed by atoms with Crippen molar-refractivity contribution < 1.29 is 9.32 Å². The molecule has 0 saturated carbocycles. The van der Waals surface area contributed by atoms with Crippen molar-refractivity contribution in [3.8, 4) is 11.4 Å². The van der Waals surface area contributed by atoms with E-state index in [2.05, 4.69) is 36.2 Å². The molecule has 0 bridgehead atoms. The van der Waals surface area contributed by atoms with Gasteiger partial charge in [-0.1, -0.05) is 51.9 Å². The van der Waals surface area contributed by atoms with Crippen LogP contribution in [0.3, 0.4) is 0 Å². The number of nitrogens with two attached hydrogens (primary N) is 1. The van der Waals surface area contributed by atoms with Crippen LogP contribution in [0.15, 0.2) is 28.8 Å². The van der Waals surface area contributed by atoms with E-state index in [1.165, 1.54) is 0 Å². The van der Waals surface area contributed by atoms with Gasteiger partial charge >= 0.3 is 0 Å². The molecule has 1 aromatic carbocycles. The van der Waals surface area contributed by atoms with Crippen molar-refractivity contribution in [1.82, 2.24) is 15.5 Å². The Morgan fingerprint density at radius 3 is 2.44 bits per heavy atom. The predicted octanol–water partition coefficient (Wildman–Crippen LogP) is 3.99. The van der Waals surface area contributed by atoms with Gasteiger partial charge in [-0.05, 0) is 30.4 Å². The first-order valence-corrected chi connectivity index (χ1v) is 9.17. The maximum atomic E-state index is 12.7. The lowest BCUT2D eigenvalue weighted by Gasteiger charge is -2.31. The first-order chi connectivity index (χ1) is 12.2. The minimum absolute atomic E-state index is 0. The van der Waals surface area contributed by atoms with Crippen LogP contribution in [0, 0.1) is 5.41 Å². The largest absolute Gasteiger partial charge is 0.345 e. The Morgan fingerprint density at radius 2 is 1.89 bits per heavy atom. The number of carbonyl (C=O) groups is 1. The summed E-state index contributed by atoms with van der Waals surface area (Å²) in [4.78, 5) is 17.1. The molecule has 0 saturated heterocycles. The van der Waals surface area contributed by atoms with Gasteiger partial charge < -0.3 is 15.6 Å². The second-order valence-electron chi connectivity index (χ2n) is 7.98. The van der Waals surface area contributed by atoms with Crippen molar-refractivity contribution in [1.29, 1.82) is 0 Å². The highest BCUT2D eigenvalue weighted by molar-refractivity contribution is 5.95. The van der Waals surface area contributed by atoms with Gasteiger partial charge in [0.15, 0.2) is 0 Å². The molecule has 0 radical (unpaired) electrons. The Kier molecular flexibility index (Phi) is 7.99. The number of rotatable bonds is 7. The van der Waals surface area contributed by atoms with Gasteiger partial charge in [0.2, 0.25) is 11.7 Å². The lowest BCUT2D eigenvalue weighted by molar-refractivity contribution is 0.0895. The summed E-state index contributed by atoms with van der Waals surface area (Å²) in [5.74, 6) is 0.954. The van der Waals surface area contributed by atoms with Gasteiger partial charge in [-0.25, -0.2) is 0 Å². The van der Waals surface area contributed by atoms with Crippen molar-refractivity contribution in [2.24, 2.45) is 11.1 Å². The average molecular weight is 395 g/mol. The second-order valence-corrected chi connectivity index (χ2v) is 7.98. The van der Waals surface area contributed by atoms with Gasteiger partial charge in [-0.3, -0.25) is 4.79 Å². The third-order valence-electron chi connectivity index (χ3n) is 4.66. The number of amides is 1. The van der Waals surface area contributed by atoms with Crippen molar-refractivity contribution in [3.63, 3.8) is 0 Å². The minimum Gasteiger partial charge on any atom is -0.345 e. The van der Waals surface area contributed by atoms with Gasteiger partial charge in [0.1, 0.15) is 0 Å². The number of halogens is 1. The molecule has 1 aromatic heterocycles. The van der Waals surface area contributed by atoms with E-state index >= 15 is 0 Å². The van der Waals surface area contributed by atoms with E-state index < -0.39 is 0 Å². The van der Waals surface area contributed by atoms with E-state index in [1.54, 1.807) is 12.1 Å². The molecule has 1 amide bonds. The van der Waals surface area contributed by atoms with E-state index in [9.17, 15) is 4.79 Å². The van der Waals surface area contributed by atoms with Crippen LogP contribution < -0.4 is 11.1 Å². The van der Waals surface area contributed by atoms with E-state index in [-0.39, 0.29) is 29.3 Å². The molecule has 2 aromatic rings. The van der Waals surface area contributed by atoms with Gasteiger partial charge in [0, 0.05) is 24.1 Å². The maximum absolute atomic E-state index is 12.7. The Balaban J connectivity index is 0.00000364. The summed E-state index contributed by atoms with van der Waals surface area (Å²) in [6.07, 6.45) is 2.27. The number of nitrogens with zero attached hydrogens (tertiary/aromatic N) is 2. The van der Waals surface area contributed by atoms with Crippen LogP contribution in [0.25, 0.3) is 11.4 Å². The summed E-state index contributed by atoms with van der Waals surface area (Å²) in [7, 11) is 0. The Bertz CT molecular complexity index is 740. The molecule has 6 nitrogen and oxygen atoms in total. The first-order valence-electron chi connectivity index (χ1n) is 9.17. The molecule has 150 valence electrons. The molecule has 0 aliphatic rings. The van der Waals surface area contributed by atoms with Gasteiger partial charge in [-0.2, -0.15) is 4.98 Å². The number of benzene rings is 1. The van der Waals surface area contributed by atoms with Gasteiger partial charge in [-0.15, -0.1) is 12.4 Å². The van der Waals surface area contributed by atoms with Crippen LogP contribution in [0.1, 0.15) is 63.7 Å². The minimum atomic E-state index is -0.376. The summed E-state index contributed by atoms with van der Waals surface area (Å²) in [6, 6.07) is 7.26. The zero-order chi connectivity index (χ0) is 19.4. The summed E-state index contributed by atoms with van der Waals surface area (Å²) in [5.41, 5.74) is 6.89. The first kappa shape index (κ1) is 23.1. The molecule has 0 fully saturated rings. The molecular weight excluding hydrogens is 364 g/mol. The smallest absolute Gasteiger partial charge is 0.251 e. The Morgan fingerprint density at radius 1 is 1.22 bits per heavy atom. The molecule has 0 atom stereocenters. The van der Waals surface area contributed by atoms with E-state index in [0.29, 0.717) is 30.2 Å². The van der Waals surface area contributed by atoms with E-state index in [1.807, 2.05) is 26.0 Å². The highest BCUT2D eigenvalue weighted by atomic mass is 35.5. The number of hydrogen-bond donors (Lipinski definition) is 2. The van der Waals surface area contributed by atoms with Gasteiger partial charge in [0.25, 0.3) is 5.91 Å². The molecule has 2 rings (SSSR count). The highest BCUT2D eigenvalue weighted by Gasteiger charge is 2.27. The molecule has 1 heterocycles. The molecular formula is C20H31ClN4O2. The number of aromatic nitrogens is 2. The van der Waals surface area contributed by atoms with Crippen molar-refractivity contribution >= 4 is 18.3 Å². The highest BCUT2D eigenvalue weighted by Crippen LogP contribution is 2.23. The third-order valence-corrected chi connectivity index (χ3v) is 4.66. The van der Waals surface area contributed by atoms with Crippen LogP contribution in [-0.2, 0) is 6.42 Å². The Labute approximate surface area is 167 Å². The fourth-order valence-corrected chi connectivity index (χ4v) is 2.78. The van der Waals surface area contributed by atoms with Crippen LogP contribution in [0.2, 0.25) is 0 Å². The summed E-state index contributed by atoms with van der Waals surface area (Å²) in [5, 5.41) is 7.14. The quantitative estimate of drug-likeness (QED) is 0.740. The number of carbonyl (C=O) groups excluding carboxylic acids is 1. The van der Waals surface area contributed by atoms with Crippen LogP contribution in [0.4, 0.5) is 0 Å². The Hall–Kier alpha value is -1.92. The van der Waals surface area contributed by atoms with Crippen LogP contribution >= 0.6 is 12.4 Å². The average Bonchev–Trinajstić information content (AvgIpc) is 3.06. The summed E-state index contributed by atoms with van der Waals surface area (Å²) < 4.78 is 5.35. The monoisotopic (exact) mass is 394 g/mol. The van der Waals surface area contributed by atoms with Crippen molar-refractivity contribution in [2.45, 2.75) is 59.4 Å². The lowest BCUT2D eigenvalue weighted by Crippen LogP contribution is -2.52. The number of hydrogen-bond acceptors (Lipinski definition) is 5. The molecule has 0 unspecified atom stereocenters. The van der Waals surface area contributed by atoms with Crippen molar-refractivity contribution in [2.75, 3.05) is 6.54 Å². The van der Waals surface area contributed by atoms with Crippen molar-refractivity contribution in [3.05, 3.63) is 35.7 Å². The molecule has 0 aliphatic carbocycles. The standard InChI is InChI=1S/C20H30N4O2.ClH/c1-6-20(7-2,13-21)23-18(25)15-10-8-9-14(11-15)17-22-16(26-24-17)12-19(3,4)5;/h8-11H,6-7,12-13,21H2,1-5H3,(H,23,25);1H. The van der Waals surface area contributed by atoms with Crippen LogP contribution in [-0.4, -0.2) is 28.1 Å². The SMILES string of the molecule is CCC(CC)(CN)NC(=O)c1cccc(-c2noc(CC(C)(C)C)n2)c1.Cl. The van der Waals surface area contributed by atoms with E-state index in [4.69, 9.17) is 10.3 Å². The molecule has 0 aliphatic heterocycles. The molecule has 27 heavy (non-hydrogen) atoms. The predicted molar refractivity (Wildman–Crippen MR) is 110 cm³/mol. The fourth-order valence-electron chi connectivity index (χ4n) is 2.78. The van der Waals surface area contributed by atoms with Gasteiger partial charge in [0.05, 0.1) is 5.54 Å². The summed E-state index contributed by atoms with van der Waals surface area (Å²) in [6.45, 7) is 10.8. The van der Waals surface area contributed by atoms with Crippen LogP contribution in [0.5, 0.6) is 0 Å². The molecule has 0 spiro atoms. The van der Waals surface area contributed by atoms with E-state index in [0.717, 1.165) is 18.4 Å². The lowest BCUT2D eigenvalue weighted by atomic mass is 9.92. The zero-order valence-electron chi connectivity index (χ0n) is 16.8. The molecule has 7 heteroatoms.